The molecule has 2 heterocycles. The van der Waals surface area contributed by atoms with Gasteiger partial charge in [-0.3, -0.25) is 4.79 Å². The maximum Gasteiger partial charge on any atom is 0.342 e. The predicted octanol–water partition coefficient (Wildman–Crippen LogP) is 4.59. The number of furan rings is 1. The van der Waals surface area contributed by atoms with E-state index in [1.54, 1.807) is 20.8 Å². The molecule has 2 aromatic heterocycles. The Labute approximate surface area is 168 Å². The number of anilines is 1. The summed E-state index contributed by atoms with van der Waals surface area (Å²) in [6, 6.07) is 2.24. The number of amides is 1. The molecule has 3 rings (SSSR count). The first kappa shape index (κ1) is 20.2. The summed E-state index contributed by atoms with van der Waals surface area (Å²) in [5, 5.41) is 12.9. The van der Waals surface area contributed by atoms with Gasteiger partial charge in [-0.1, -0.05) is 6.42 Å². The first-order valence-electron chi connectivity index (χ1n) is 9.46. The highest BCUT2D eigenvalue weighted by molar-refractivity contribution is 7.16. The molecule has 0 aromatic carbocycles. The molecule has 0 fully saturated rings. The van der Waals surface area contributed by atoms with Crippen LogP contribution in [0.3, 0.4) is 0 Å². The van der Waals surface area contributed by atoms with Crippen molar-refractivity contribution in [2.75, 3.05) is 5.32 Å². The first-order valence-corrected chi connectivity index (χ1v) is 10.3. The number of fused-ring (bicyclic) bond motifs is 1. The Morgan fingerprint density at radius 1 is 1.18 bits per heavy atom. The number of carbonyl (C=O) groups excluding carboxylic acids is 2. The third-order valence-electron chi connectivity index (χ3n) is 5.19. The summed E-state index contributed by atoms with van der Waals surface area (Å²) in [5.74, 6) is 0.0930. The van der Waals surface area contributed by atoms with Gasteiger partial charge in [-0.15, -0.1) is 11.3 Å². The molecule has 28 heavy (non-hydrogen) atoms. The summed E-state index contributed by atoms with van der Waals surface area (Å²) in [6.45, 7) is 6.78. The van der Waals surface area contributed by atoms with Crippen molar-refractivity contribution in [3.63, 3.8) is 0 Å². The molecule has 1 aliphatic carbocycles. The van der Waals surface area contributed by atoms with Crippen molar-refractivity contribution in [1.29, 1.82) is 5.26 Å². The van der Waals surface area contributed by atoms with Gasteiger partial charge in [0.2, 0.25) is 0 Å². The van der Waals surface area contributed by atoms with E-state index in [0.717, 1.165) is 37.7 Å². The van der Waals surface area contributed by atoms with Crippen LogP contribution < -0.4 is 5.32 Å². The average molecular weight is 401 g/mol. The minimum atomic E-state index is -0.991. The molecule has 0 bridgehead atoms. The van der Waals surface area contributed by atoms with Gasteiger partial charge >= 0.3 is 5.97 Å². The molecule has 2 aromatic rings. The van der Waals surface area contributed by atoms with Crippen LogP contribution in [0.4, 0.5) is 5.00 Å². The SMILES string of the molecule is Cc1oc(C)c(C(=O)O[C@@H](C)C(=O)Nc2sc3c(c2C#N)CCCCC3)c1C. The van der Waals surface area contributed by atoms with Gasteiger partial charge in [-0.2, -0.15) is 5.26 Å². The van der Waals surface area contributed by atoms with E-state index in [1.165, 1.54) is 23.1 Å². The van der Waals surface area contributed by atoms with E-state index in [2.05, 4.69) is 11.4 Å². The molecule has 0 aliphatic heterocycles. The quantitative estimate of drug-likeness (QED) is 0.598. The third-order valence-corrected chi connectivity index (χ3v) is 6.40. The van der Waals surface area contributed by atoms with Gasteiger partial charge in [0.25, 0.3) is 5.91 Å². The van der Waals surface area contributed by atoms with Gasteiger partial charge in [-0.25, -0.2) is 4.79 Å². The second kappa shape index (κ2) is 8.19. The number of aryl methyl sites for hydroxylation is 3. The van der Waals surface area contributed by atoms with Crippen molar-refractivity contribution in [3.8, 4) is 6.07 Å². The number of thiophene rings is 1. The largest absolute Gasteiger partial charge is 0.465 e. The van der Waals surface area contributed by atoms with Gasteiger partial charge < -0.3 is 14.5 Å². The van der Waals surface area contributed by atoms with E-state index in [1.807, 2.05) is 0 Å². The lowest BCUT2D eigenvalue weighted by Gasteiger charge is -2.13. The first-order chi connectivity index (χ1) is 13.3. The number of rotatable bonds is 4. The summed E-state index contributed by atoms with van der Waals surface area (Å²) in [6.07, 6.45) is 4.13. The van der Waals surface area contributed by atoms with E-state index in [4.69, 9.17) is 9.15 Å². The molecule has 1 amide bonds. The van der Waals surface area contributed by atoms with Crippen molar-refractivity contribution in [2.45, 2.75) is 65.9 Å². The van der Waals surface area contributed by atoms with Crippen LogP contribution in [0.5, 0.6) is 0 Å². The van der Waals surface area contributed by atoms with Crippen LogP contribution in [0.1, 0.15) is 69.6 Å². The highest BCUT2D eigenvalue weighted by Gasteiger charge is 2.27. The summed E-state index contributed by atoms with van der Waals surface area (Å²) >= 11 is 1.46. The van der Waals surface area contributed by atoms with E-state index in [9.17, 15) is 14.9 Å². The van der Waals surface area contributed by atoms with E-state index in [0.29, 0.717) is 33.2 Å². The molecule has 6 nitrogen and oxygen atoms in total. The van der Waals surface area contributed by atoms with Crippen molar-refractivity contribution in [3.05, 3.63) is 38.7 Å². The second-order valence-electron chi connectivity index (χ2n) is 7.13. The van der Waals surface area contributed by atoms with Gasteiger partial charge in [0, 0.05) is 10.4 Å². The minimum absolute atomic E-state index is 0.359. The summed E-state index contributed by atoms with van der Waals surface area (Å²) in [5.41, 5.74) is 2.68. The zero-order chi connectivity index (χ0) is 20.4. The lowest BCUT2D eigenvalue weighted by atomic mass is 10.1. The Balaban J connectivity index is 1.73. The Morgan fingerprint density at radius 3 is 2.54 bits per heavy atom. The summed E-state index contributed by atoms with van der Waals surface area (Å²) in [7, 11) is 0. The van der Waals surface area contributed by atoms with E-state index in [-0.39, 0.29) is 0 Å². The molecule has 0 spiro atoms. The Hall–Kier alpha value is -2.59. The van der Waals surface area contributed by atoms with Crippen LogP contribution in [0.2, 0.25) is 0 Å². The van der Waals surface area contributed by atoms with Crippen LogP contribution in [0.25, 0.3) is 0 Å². The zero-order valence-electron chi connectivity index (χ0n) is 16.6. The maximum absolute atomic E-state index is 12.6. The number of carbonyl (C=O) groups is 2. The molecule has 0 saturated carbocycles. The number of nitrogens with zero attached hydrogens (tertiary/aromatic N) is 1. The minimum Gasteiger partial charge on any atom is -0.465 e. The molecule has 0 saturated heterocycles. The van der Waals surface area contributed by atoms with Crippen molar-refractivity contribution in [2.24, 2.45) is 0 Å². The van der Waals surface area contributed by atoms with Gasteiger partial charge in [0.1, 0.15) is 28.2 Å². The molecular formula is C21H24N2O4S. The van der Waals surface area contributed by atoms with Crippen LogP contribution >= 0.6 is 11.3 Å². The van der Waals surface area contributed by atoms with Crippen LogP contribution in [0, 0.1) is 32.1 Å². The van der Waals surface area contributed by atoms with Crippen LogP contribution in [-0.2, 0) is 22.4 Å². The fourth-order valence-electron chi connectivity index (χ4n) is 3.53. The Morgan fingerprint density at radius 2 is 1.89 bits per heavy atom. The number of esters is 1. The Kier molecular flexibility index (Phi) is 5.90. The monoisotopic (exact) mass is 400 g/mol. The molecule has 7 heteroatoms. The van der Waals surface area contributed by atoms with Crippen molar-refractivity contribution < 1.29 is 18.7 Å². The van der Waals surface area contributed by atoms with Gasteiger partial charge in [-0.05, 0) is 58.9 Å². The molecule has 1 atom stereocenters. The molecule has 148 valence electrons. The number of nitrogens with one attached hydrogen (secondary N) is 1. The highest BCUT2D eigenvalue weighted by Crippen LogP contribution is 2.37. The van der Waals surface area contributed by atoms with Gasteiger partial charge in [0.15, 0.2) is 6.10 Å². The summed E-state index contributed by atoms with van der Waals surface area (Å²) in [4.78, 5) is 26.2. The number of ether oxygens (including phenoxy) is 1. The smallest absolute Gasteiger partial charge is 0.342 e. The number of nitriles is 1. The zero-order valence-corrected chi connectivity index (χ0v) is 17.4. The second-order valence-corrected chi connectivity index (χ2v) is 8.24. The molecule has 0 radical (unpaired) electrons. The maximum atomic E-state index is 12.6. The van der Waals surface area contributed by atoms with Crippen molar-refractivity contribution in [1.82, 2.24) is 0 Å². The fraction of sp³-hybridized carbons (Fsp3) is 0.476. The lowest BCUT2D eigenvalue weighted by Crippen LogP contribution is -2.30. The molecular weight excluding hydrogens is 376 g/mol. The van der Waals surface area contributed by atoms with Crippen molar-refractivity contribution >= 4 is 28.2 Å². The van der Waals surface area contributed by atoms with E-state index >= 15 is 0 Å². The average Bonchev–Trinajstić information content (AvgIpc) is 2.98. The molecule has 1 N–H and O–H groups in total. The standard InChI is InChI=1S/C21H24N2O4S/c1-11-12(2)26-13(3)18(11)21(25)27-14(4)19(24)23-20-16(10-22)15-8-6-5-7-9-17(15)28-20/h14H,5-9H2,1-4H3,(H,23,24)/t14-/m0/s1. The summed E-state index contributed by atoms with van der Waals surface area (Å²) < 4.78 is 10.8. The predicted molar refractivity (Wildman–Crippen MR) is 107 cm³/mol. The normalized spacial score (nSPS) is 14.5. The van der Waals surface area contributed by atoms with Crippen LogP contribution in [0.15, 0.2) is 4.42 Å². The lowest BCUT2D eigenvalue weighted by molar-refractivity contribution is -0.123. The molecule has 1 aliphatic rings. The Bertz CT molecular complexity index is 964. The van der Waals surface area contributed by atoms with E-state index < -0.39 is 18.0 Å². The van der Waals surface area contributed by atoms with Gasteiger partial charge in [0.05, 0.1) is 5.56 Å². The highest BCUT2D eigenvalue weighted by atomic mass is 32.1. The topological polar surface area (TPSA) is 92.3 Å². The van der Waals surface area contributed by atoms with Crippen LogP contribution in [-0.4, -0.2) is 18.0 Å². The fourth-order valence-corrected chi connectivity index (χ4v) is 4.77. The third kappa shape index (κ3) is 3.83. The molecule has 0 unspecified atom stereocenters. The number of hydrogen-bond donors (Lipinski definition) is 1. The number of hydrogen-bond acceptors (Lipinski definition) is 6.